The molecule has 4 rings (SSSR count). The van der Waals surface area contributed by atoms with Crippen molar-refractivity contribution in [3.05, 3.63) is 35.5 Å². The van der Waals surface area contributed by atoms with Crippen molar-refractivity contribution in [1.29, 1.82) is 0 Å². The standard InChI is InChI=1S/C19H23N3O/c1-13-8-9-14-16(12-13)20-18(15-6-2-3-7-17(15)23)21-19(14)22-10-4-5-11-22/h2-3,6-7,13,23H,4-5,8-12H2,1H3/t13-/m1/s1. The fourth-order valence-electron chi connectivity index (χ4n) is 3.74. The summed E-state index contributed by atoms with van der Waals surface area (Å²) in [5.74, 6) is 2.69. The van der Waals surface area contributed by atoms with Crippen LogP contribution >= 0.6 is 0 Å². The highest BCUT2D eigenvalue weighted by molar-refractivity contribution is 5.66. The van der Waals surface area contributed by atoms with Gasteiger partial charge in [0, 0.05) is 18.7 Å². The van der Waals surface area contributed by atoms with Gasteiger partial charge in [0.25, 0.3) is 0 Å². The number of anilines is 1. The molecule has 1 aliphatic carbocycles. The summed E-state index contributed by atoms with van der Waals surface area (Å²) >= 11 is 0. The molecule has 0 spiro atoms. The number of hydrogen-bond donors (Lipinski definition) is 1. The van der Waals surface area contributed by atoms with Gasteiger partial charge < -0.3 is 10.0 Å². The van der Waals surface area contributed by atoms with E-state index in [0.29, 0.717) is 11.7 Å². The topological polar surface area (TPSA) is 49.3 Å². The summed E-state index contributed by atoms with van der Waals surface area (Å²) in [6.45, 7) is 4.46. The third-order valence-corrected chi connectivity index (χ3v) is 5.05. The highest BCUT2D eigenvalue weighted by atomic mass is 16.3. The Morgan fingerprint density at radius 1 is 1.13 bits per heavy atom. The summed E-state index contributed by atoms with van der Waals surface area (Å²) in [5.41, 5.74) is 3.25. The number of aromatic nitrogens is 2. The Bertz CT molecular complexity index is 723. The molecule has 23 heavy (non-hydrogen) atoms. The molecule has 1 fully saturated rings. The molecule has 4 heteroatoms. The molecule has 0 radical (unpaired) electrons. The number of aromatic hydroxyl groups is 1. The van der Waals surface area contributed by atoms with Crippen molar-refractivity contribution in [1.82, 2.24) is 9.97 Å². The molecule has 2 aliphatic rings. The zero-order valence-electron chi connectivity index (χ0n) is 13.6. The van der Waals surface area contributed by atoms with Crippen LogP contribution in [0.2, 0.25) is 0 Å². The lowest BCUT2D eigenvalue weighted by Crippen LogP contribution is -2.25. The minimum atomic E-state index is 0.253. The van der Waals surface area contributed by atoms with Gasteiger partial charge in [-0.05, 0) is 50.2 Å². The molecule has 4 nitrogen and oxygen atoms in total. The van der Waals surface area contributed by atoms with Crippen molar-refractivity contribution in [2.75, 3.05) is 18.0 Å². The number of rotatable bonds is 2. The van der Waals surface area contributed by atoms with Crippen molar-refractivity contribution in [3.8, 4) is 17.1 Å². The maximum atomic E-state index is 10.2. The zero-order chi connectivity index (χ0) is 15.8. The Labute approximate surface area is 137 Å². The van der Waals surface area contributed by atoms with Gasteiger partial charge in [-0.15, -0.1) is 0 Å². The van der Waals surface area contributed by atoms with Gasteiger partial charge in [-0.2, -0.15) is 0 Å². The lowest BCUT2D eigenvalue weighted by molar-refractivity contribution is 0.476. The van der Waals surface area contributed by atoms with Crippen LogP contribution in [-0.2, 0) is 12.8 Å². The highest BCUT2D eigenvalue weighted by Gasteiger charge is 2.26. The first-order valence-electron chi connectivity index (χ1n) is 8.65. The van der Waals surface area contributed by atoms with Crippen LogP contribution in [-0.4, -0.2) is 28.2 Å². The maximum Gasteiger partial charge on any atom is 0.165 e. The molecule has 0 saturated carbocycles. The normalized spacial score (nSPS) is 20.6. The number of hydrogen-bond acceptors (Lipinski definition) is 4. The molecule has 0 bridgehead atoms. The van der Waals surface area contributed by atoms with Crippen LogP contribution in [0.5, 0.6) is 5.75 Å². The summed E-state index contributed by atoms with van der Waals surface area (Å²) < 4.78 is 0. The van der Waals surface area contributed by atoms with E-state index < -0.39 is 0 Å². The Morgan fingerprint density at radius 2 is 1.91 bits per heavy atom. The van der Waals surface area contributed by atoms with Crippen LogP contribution in [0, 0.1) is 5.92 Å². The summed E-state index contributed by atoms with van der Waals surface area (Å²) in [7, 11) is 0. The van der Waals surface area contributed by atoms with Gasteiger partial charge in [0.1, 0.15) is 11.6 Å². The van der Waals surface area contributed by atoms with Gasteiger partial charge >= 0.3 is 0 Å². The monoisotopic (exact) mass is 309 g/mol. The molecule has 120 valence electrons. The molecule has 2 heterocycles. The SMILES string of the molecule is C[C@@H]1CCc2c(nc(-c3ccccc3O)nc2N2CCCC2)C1. The number of para-hydroxylation sites is 1. The first kappa shape index (κ1) is 14.5. The first-order chi connectivity index (χ1) is 11.2. The van der Waals surface area contributed by atoms with Gasteiger partial charge in [-0.1, -0.05) is 19.1 Å². The van der Waals surface area contributed by atoms with Gasteiger partial charge in [0.05, 0.1) is 11.3 Å². The van der Waals surface area contributed by atoms with Crippen LogP contribution in [0.25, 0.3) is 11.4 Å². The lowest BCUT2D eigenvalue weighted by Gasteiger charge is -2.27. The summed E-state index contributed by atoms with van der Waals surface area (Å²) in [6.07, 6.45) is 5.78. The average Bonchev–Trinajstić information content (AvgIpc) is 3.08. The number of nitrogens with zero attached hydrogens (tertiary/aromatic N) is 3. The Hall–Kier alpha value is -2.10. The van der Waals surface area contributed by atoms with Gasteiger partial charge in [-0.3, -0.25) is 0 Å². The van der Waals surface area contributed by atoms with E-state index in [9.17, 15) is 5.11 Å². The van der Waals surface area contributed by atoms with Crippen molar-refractivity contribution in [2.24, 2.45) is 5.92 Å². The molecule has 1 aromatic heterocycles. The fourth-order valence-corrected chi connectivity index (χ4v) is 3.74. The molecule has 1 atom stereocenters. The van der Waals surface area contributed by atoms with Crippen LogP contribution < -0.4 is 4.90 Å². The molecular formula is C19H23N3O. The summed E-state index contributed by atoms with van der Waals surface area (Å²) in [6, 6.07) is 7.37. The molecule has 1 aromatic carbocycles. The van der Waals surface area contributed by atoms with E-state index in [0.717, 1.165) is 37.3 Å². The summed E-state index contributed by atoms with van der Waals surface area (Å²) in [4.78, 5) is 12.1. The predicted molar refractivity (Wildman–Crippen MR) is 91.8 cm³/mol. The van der Waals surface area contributed by atoms with E-state index in [1.165, 1.54) is 30.5 Å². The summed E-state index contributed by atoms with van der Waals surface area (Å²) in [5, 5.41) is 10.2. The van der Waals surface area contributed by atoms with E-state index in [4.69, 9.17) is 9.97 Å². The Morgan fingerprint density at radius 3 is 2.70 bits per heavy atom. The van der Waals surface area contributed by atoms with Crippen LogP contribution in [0.1, 0.15) is 37.4 Å². The third kappa shape index (κ3) is 2.67. The fraction of sp³-hybridized carbons (Fsp3) is 0.474. The zero-order valence-corrected chi connectivity index (χ0v) is 13.6. The minimum Gasteiger partial charge on any atom is -0.507 e. The van der Waals surface area contributed by atoms with Crippen LogP contribution in [0.3, 0.4) is 0 Å². The third-order valence-electron chi connectivity index (χ3n) is 5.05. The molecule has 2 aromatic rings. The van der Waals surface area contributed by atoms with Gasteiger partial charge in [0.15, 0.2) is 5.82 Å². The quantitative estimate of drug-likeness (QED) is 0.921. The minimum absolute atomic E-state index is 0.253. The number of fused-ring (bicyclic) bond motifs is 1. The molecule has 0 amide bonds. The van der Waals surface area contributed by atoms with Crippen molar-refractivity contribution in [2.45, 2.75) is 39.0 Å². The number of benzene rings is 1. The van der Waals surface area contributed by atoms with E-state index in [-0.39, 0.29) is 5.75 Å². The van der Waals surface area contributed by atoms with Crippen molar-refractivity contribution in [3.63, 3.8) is 0 Å². The van der Waals surface area contributed by atoms with Gasteiger partial charge in [-0.25, -0.2) is 9.97 Å². The Kier molecular flexibility index (Phi) is 3.68. The lowest BCUT2D eigenvalue weighted by atomic mass is 9.88. The van der Waals surface area contributed by atoms with E-state index in [2.05, 4.69) is 11.8 Å². The number of phenolic OH excluding ortho intramolecular Hbond substituents is 1. The Balaban J connectivity index is 1.86. The largest absolute Gasteiger partial charge is 0.507 e. The smallest absolute Gasteiger partial charge is 0.165 e. The van der Waals surface area contributed by atoms with Crippen molar-refractivity contribution < 1.29 is 5.11 Å². The van der Waals surface area contributed by atoms with E-state index in [1.807, 2.05) is 18.2 Å². The second kappa shape index (κ2) is 5.84. The first-order valence-corrected chi connectivity index (χ1v) is 8.65. The molecule has 1 saturated heterocycles. The van der Waals surface area contributed by atoms with Gasteiger partial charge in [0.2, 0.25) is 0 Å². The molecule has 1 N–H and O–H groups in total. The van der Waals surface area contributed by atoms with Crippen LogP contribution in [0.4, 0.5) is 5.82 Å². The molecule has 0 unspecified atom stereocenters. The van der Waals surface area contributed by atoms with E-state index >= 15 is 0 Å². The highest BCUT2D eigenvalue weighted by Crippen LogP contribution is 2.35. The van der Waals surface area contributed by atoms with Crippen LogP contribution in [0.15, 0.2) is 24.3 Å². The second-order valence-electron chi connectivity index (χ2n) is 6.86. The average molecular weight is 309 g/mol. The molecule has 1 aliphatic heterocycles. The van der Waals surface area contributed by atoms with Crippen molar-refractivity contribution >= 4 is 5.82 Å². The molecular weight excluding hydrogens is 286 g/mol. The van der Waals surface area contributed by atoms with E-state index in [1.54, 1.807) is 6.07 Å². The number of phenols is 1. The maximum absolute atomic E-state index is 10.2. The predicted octanol–water partition coefficient (Wildman–Crippen LogP) is 3.57. The second-order valence-corrected chi connectivity index (χ2v) is 6.86.